The molecule has 0 atom stereocenters. The normalized spacial score (nSPS) is 13.6. The largest absolute Gasteiger partial charge is 0.504 e. The molecule has 1 aromatic rings. The summed E-state index contributed by atoms with van der Waals surface area (Å²) in [4.78, 5) is 11.8. The quantitative estimate of drug-likeness (QED) is 0.618. The lowest BCUT2D eigenvalue weighted by Gasteiger charge is -2.09. The third kappa shape index (κ3) is 4.95. The molecule has 1 aromatic carbocycles. The minimum Gasteiger partial charge on any atom is -0.504 e. The number of carbonyl (C=O) groups is 1. The molecule has 0 fully saturated rings. The predicted octanol–water partition coefficient (Wildman–Crippen LogP) is 3.54. The van der Waals surface area contributed by atoms with Crippen molar-refractivity contribution in [2.24, 2.45) is 0 Å². The van der Waals surface area contributed by atoms with Gasteiger partial charge in [-0.2, -0.15) is 0 Å². The molecule has 1 aliphatic carbocycles. The number of allylic oxidation sites excluding steroid dienone is 4. The van der Waals surface area contributed by atoms with Crippen LogP contribution in [0.15, 0.2) is 42.0 Å². The highest BCUT2D eigenvalue weighted by Crippen LogP contribution is 2.26. The fourth-order valence-electron chi connectivity index (χ4n) is 2.37. The van der Waals surface area contributed by atoms with Crippen molar-refractivity contribution in [1.82, 2.24) is 0 Å². The molecular weight excluding hydrogens is 280 g/mol. The van der Waals surface area contributed by atoms with Crippen molar-refractivity contribution < 1.29 is 19.4 Å². The Bertz CT molecular complexity index is 572. The molecule has 0 spiro atoms. The van der Waals surface area contributed by atoms with Crippen molar-refractivity contribution in [2.75, 3.05) is 13.7 Å². The Balaban J connectivity index is 1.71. The van der Waals surface area contributed by atoms with Crippen molar-refractivity contribution in [3.8, 4) is 11.5 Å². The van der Waals surface area contributed by atoms with E-state index in [0.717, 1.165) is 31.2 Å². The van der Waals surface area contributed by atoms with Crippen molar-refractivity contribution in [3.05, 3.63) is 47.6 Å². The van der Waals surface area contributed by atoms with Gasteiger partial charge in [0.2, 0.25) is 0 Å². The van der Waals surface area contributed by atoms with Gasteiger partial charge in [-0.3, -0.25) is 4.79 Å². The van der Waals surface area contributed by atoms with Crippen LogP contribution in [0.3, 0.4) is 0 Å². The smallest absolute Gasteiger partial charge is 0.310 e. The van der Waals surface area contributed by atoms with Crippen LogP contribution in [-0.2, 0) is 16.0 Å². The van der Waals surface area contributed by atoms with E-state index in [0.29, 0.717) is 12.4 Å². The SMILES string of the molecule is COc1cc(CC(=O)OCCCC2=CCCC=C2)ccc1O. The highest BCUT2D eigenvalue weighted by molar-refractivity contribution is 5.72. The van der Waals surface area contributed by atoms with Gasteiger partial charge in [-0.05, 0) is 43.4 Å². The molecule has 0 aromatic heterocycles. The van der Waals surface area contributed by atoms with E-state index < -0.39 is 0 Å². The predicted molar refractivity (Wildman–Crippen MR) is 85.0 cm³/mol. The average molecular weight is 302 g/mol. The molecule has 118 valence electrons. The van der Waals surface area contributed by atoms with Gasteiger partial charge in [0, 0.05) is 0 Å². The molecule has 0 unspecified atom stereocenters. The highest BCUT2D eigenvalue weighted by Gasteiger charge is 2.08. The molecule has 0 radical (unpaired) electrons. The van der Waals surface area contributed by atoms with Gasteiger partial charge >= 0.3 is 5.97 Å². The number of aromatic hydroxyl groups is 1. The maximum atomic E-state index is 11.8. The fraction of sp³-hybridized carbons (Fsp3) is 0.389. The van der Waals surface area contributed by atoms with Crippen LogP contribution in [0.2, 0.25) is 0 Å². The molecule has 4 nitrogen and oxygen atoms in total. The lowest BCUT2D eigenvalue weighted by Crippen LogP contribution is -2.09. The number of hydrogen-bond donors (Lipinski definition) is 1. The third-order valence-corrected chi connectivity index (χ3v) is 3.54. The standard InChI is InChI=1S/C18H22O4/c1-21-17-12-15(9-10-16(17)19)13-18(20)22-11-5-8-14-6-3-2-4-7-14/h3,6-7,9-10,12,19H,2,4-5,8,11,13H2,1H3. The summed E-state index contributed by atoms with van der Waals surface area (Å²) < 4.78 is 10.3. The summed E-state index contributed by atoms with van der Waals surface area (Å²) in [5, 5.41) is 9.51. The number of hydrogen-bond acceptors (Lipinski definition) is 4. The van der Waals surface area contributed by atoms with Gasteiger partial charge < -0.3 is 14.6 Å². The lowest BCUT2D eigenvalue weighted by atomic mass is 10.0. The minimum atomic E-state index is -0.263. The third-order valence-electron chi connectivity index (χ3n) is 3.54. The number of esters is 1. The number of phenols is 1. The van der Waals surface area contributed by atoms with Gasteiger partial charge in [0.25, 0.3) is 0 Å². The number of carbonyl (C=O) groups excluding carboxylic acids is 1. The molecule has 0 heterocycles. The van der Waals surface area contributed by atoms with Gasteiger partial charge in [0.15, 0.2) is 11.5 Å². The van der Waals surface area contributed by atoms with Crippen molar-refractivity contribution in [3.63, 3.8) is 0 Å². The van der Waals surface area contributed by atoms with Crippen LogP contribution in [0, 0.1) is 0 Å². The molecule has 0 amide bonds. The first-order valence-corrected chi connectivity index (χ1v) is 7.56. The van der Waals surface area contributed by atoms with Crippen LogP contribution in [0.1, 0.15) is 31.2 Å². The van der Waals surface area contributed by atoms with E-state index in [1.165, 1.54) is 18.7 Å². The summed E-state index contributed by atoms with van der Waals surface area (Å²) in [7, 11) is 1.48. The van der Waals surface area contributed by atoms with Gasteiger partial charge in [0.1, 0.15) is 0 Å². The first-order chi connectivity index (χ1) is 10.7. The molecule has 1 N–H and O–H groups in total. The second-order valence-electron chi connectivity index (χ2n) is 5.27. The molecule has 4 heteroatoms. The molecule has 0 bridgehead atoms. The van der Waals surface area contributed by atoms with Crippen LogP contribution < -0.4 is 4.74 Å². The monoisotopic (exact) mass is 302 g/mol. The summed E-state index contributed by atoms with van der Waals surface area (Å²) in [5.41, 5.74) is 2.09. The molecule has 2 rings (SSSR count). The van der Waals surface area contributed by atoms with Gasteiger partial charge in [0.05, 0.1) is 20.1 Å². The fourth-order valence-corrected chi connectivity index (χ4v) is 2.37. The molecule has 1 aliphatic rings. The number of phenolic OH excluding ortho intramolecular Hbond substituents is 1. The Morgan fingerprint density at radius 3 is 2.91 bits per heavy atom. The molecule has 0 saturated heterocycles. The van der Waals surface area contributed by atoms with Gasteiger partial charge in [-0.15, -0.1) is 0 Å². The van der Waals surface area contributed by atoms with Crippen LogP contribution >= 0.6 is 0 Å². The number of rotatable bonds is 7. The summed E-state index contributed by atoms with van der Waals surface area (Å²) in [5.74, 6) is 0.163. The Morgan fingerprint density at radius 1 is 1.32 bits per heavy atom. The molecule has 0 aliphatic heterocycles. The Hall–Kier alpha value is -2.23. The second-order valence-corrected chi connectivity index (χ2v) is 5.27. The van der Waals surface area contributed by atoms with E-state index in [1.54, 1.807) is 12.1 Å². The Kier molecular flexibility index (Phi) is 6.07. The second kappa shape index (κ2) is 8.27. The first-order valence-electron chi connectivity index (χ1n) is 7.56. The number of benzene rings is 1. The van der Waals surface area contributed by atoms with Gasteiger partial charge in [-0.1, -0.05) is 29.9 Å². The zero-order chi connectivity index (χ0) is 15.8. The van der Waals surface area contributed by atoms with Crippen LogP contribution in [0.5, 0.6) is 11.5 Å². The van der Waals surface area contributed by atoms with E-state index in [-0.39, 0.29) is 18.1 Å². The zero-order valence-corrected chi connectivity index (χ0v) is 12.9. The average Bonchev–Trinajstić information content (AvgIpc) is 2.54. The summed E-state index contributed by atoms with van der Waals surface area (Å²) >= 11 is 0. The summed E-state index contributed by atoms with van der Waals surface area (Å²) in [6.45, 7) is 0.430. The first kappa shape index (κ1) is 16.1. The molecule has 0 saturated carbocycles. The van der Waals surface area contributed by atoms with Crippen molar-refractivity contribution >= 4 is 5.97 Å². The van der Waals surface area contributed by atoms with Crippen molar-refractivity contribution in [1.29, 1.82) is 0 Å². The van der Waals surface area contributed by atoms with E-state index in [1.807, 2.05) is 0 Å². The number of ether oxygens (including phenoxy) is 2. The maximum absolute atomic E-state index is 11.8. The van der Waals surface area contributed by atoms with E-state index >= 15 is 0 Å². The topological polar surface area (TPSA) is 55.8 Å². The molecular formula is C18H22O4. The van der Waals surface area contributed by atoms with Crippen LogP contribution in [0.4, 0.5) is 0 Å². The van der Waals surface area contributed by atoms with E-state index in [9.17, 15) is 9.90 Å². The highest BCUT2D eigenvalue weighted by atomic mass is 16.5. The Morgan fingerprint density at radius 2 is 2.18 bits per heavy atom. The minimum absolute atomic E-state index is 0.0634. The molecule has 22 heavy (non-hydrogen) atoms. The van der Waals surface area contributed by atoms with Gasteiger partial charge in [-0.25, -0.2) is 0 Å². The lowest BCUT2D eigenvalue weighted by molar-refractivity contribution is -0.142. The summed E-state index contributed by atoms with van der Waals surface area (Å²) in [6, 6.07) is 4.86. The van der Waals surface area contributed by atoms with Crippen LogP contribution in [-0.4, -0.2) is 24.8 Å². The maximum Gasteiger partial charge on any atom is 0.310 e. The summed E-state index contributed by atoms with van der Waals surface area (Å²) in [6.07, 6.45) is 10.7. The van der Waals surface area contributed by atoms with E-state index in [2.05, 4.69) is 18.2 Å². The number of methoxy groups -OCH3 is 1. The van der Waals surface area contributed by atoms with Crippen molar-refractivity contribution in [2.45, 2.75) is 32.1 Å². The Labute approximate surface area is 131 Å². The van der Waals surface area contributed by atoms with Crippen LogP contribution in [0.25, 0.3) is 0 Å². The zero-order valence-electron chi connectivity index (χ0n) is 12.9. The van der Waals surface area contributed by atoms with E-state index in [4.69, 9.17) is 9.47 Å².